The van der Waals surface area contributed by atoms with Crippen molar-refractivity contribution in [3.63, 3.8) is 0 Å². The lowest BCUT2D eigenvalue weighted by Crippen LogP contribution is -2.40. The summed E-state index contributed by atoms with van der Waals surface area (Å²) in [4.78, 5) is 0. The molecule has 2 rings (SSSR count). The largest absolute Gasteiger partial charge is 0.397 e. The molecule has 94 valence electrons. The topological polar surface area (TPSA) is 73.3 Å². The van der Waals surface area contributed by atoms with Gasteiger partial charge in [0.15, 0.2) is 0 Å². The number of ether oxygens (including phenoxy) is 1. The van der Waals surface area contributed by atoms with Crippen molar-refractivity contribution < 1.29 is 4.74 Å². The number of rotatable bonds is 2. The quantitative estimate of drug-likeness (QED) is 0.687. The van der Waals surface area contributed by atoms with Gasteiger partial charge in [0.25, 0.3) is 0 Å². The lowest BCUT2D eigenvalue weighted by atomic mass is 9.94. The van der Waals surface area contributed by atoms with Crippen LogP contribution in [0.5, 0.6) is 0 Å². The molecular weight excluding hydrogens is 214 g/mol. The average molecular weight is 235 g/mol. The molecule has 1 aliphatic rings. The van der Waals surface area contributed by atoms with Gasteiger partial charge in [-0.25, -0.2) is 0 Å². The summed E-state index contributed by atoms with van der Waals surface area (Å²) in [5.74, 6) is 0. The van der Waals surface area contributed by atoms with Crippen molar-refractivity contribution in [3.8, 4) is 0 Å². The second-order valence-electron chi connectivity index (χ2n) is 5.29. The van der Waals surface area contributed by atoms with E-state index in [9.17, 15) is 0 Å². The Balaban J connectivity index is 2.03. The average Bonchev–Trinajstić information content (AvgIpc) is 2.22. The SMILES string of the molecule is CC1(C)CC(Nc2ccc(N)c(N)c2)CCO1. The molecule has 1 unspecified atom stereocenters. The molecule has 1 fully saturated rings. The van der Waals surface area contributed by atoms with E-state index in [4.69, 9.17) is 16.2 Å². The molecular formula is C13H21N3O. The van der Waals surface area contributed by atoms with E-state index < -0.39 is 0 Å². The Morgan fingerprint density at radius 1 is 1.29 bits per heavy atom. The summed E-state index contributed by atoms with van der Waals surface area (Å²) >= 11 is 0. The van der Waals surface area contributed by atoms with E-state index in [0.717, 1.165) is 25.1 Å². The fraction of sp³-hybridized carbons (Fsp3) is 0.538. The van der Waals surface area contributed by atoms with Crippen molar-refractivity contribution in [2.75, 3.05) is 23.4 Å². The van der Waals surface area contributed by atoms with Gasteiger partial charge in [0.05, 0.1) is 17.0 Å². The Bertz CT molecular complexity index is 404. The van der Waals surface area contributed by atoms with Gasteiger partial charge in [0.2, 0.25) is 0 Å². The highest BCUT2D eigenvalue weighted by atomic mass is 16.5. The van der Waals surface area contributed by atoms with E-state index in [0.29, 0.717) is 17.4 Å². The fourth-order valence-electron chi connectivity index (χ4n) is 2.26. The van der Waals surface area contributed by atoms with Gasteiger partial charge in [-0.3, -0.25) is 0 Å². The molecule has 0 spiro atoms. The third kappa shape index (κ3) is 3.03. The first-order chi connectivity index (χ1) is 7.96. The van der Waals surface area contributed by atoms with E-state index in [1.165, 1.54) is 0 Å². The van der Waals surface area contributed by atoms with Gasteiger partial charge in [-0.05, 0) is 44.9 Å². The minimum Gasteiger partial charge on any atom is -0.397 e. The van der Waals surface area contributed by atoms with Gasteiger partial charge in [-0.2, -0.15) is 0 Å². The standard InChI is InChI=1S/C13H21N3O/c1-13(2)8-10(5-6-17-13)16-9-3-4-11(14)12(15)7-9/h3-4,7,10,16H,5-6,8,14-15H2,1-2H3. The van der Waals surface area contributed by atoms with Gasteiger partial charge in [-0.15, -0.1) is 0 Å². The number of hydrogen-bond donors (Lipinski definition) is 3. The zero-order chi connectivity index (χ0) is 12.5. The normalized spacial score (nSPS) is 23.3. The van der Waals surface area contributed by atoms with Crippen LogP contribution in [0, 0.1) is 0 Å². The number of nitrogens with one attached hydrogen (secondary N) is 1. The predicted octanol–water partition coefficient (Wildman–Crippen LogP) is 2.22. The fourth-order valence-corrected chi connectivity index (χ4v) is 2.26. The van der Waals surface area contributed by atoms with E-state index in [-0.39, 0.29) is 5.60 Å². The second kappa shape index (κ2) is 4.45. The maximum absolute atomic E-state index is 5.79. The molecule has 1 aromatic carbocycles. The summed E-state index contributed by atoms with van der Waals surface area (Å²) in [6, 6.07) is 6.12. The monoisotopic (exact) mass is 235 g/mol. The van der Waals surface area contributed by atoms with Gasteiger partial charge in [0.1, 0.15) is 0 Å². The number of nitrogen functional groups attached to an aromatic ring is 2. The first-order valence-electron chi connectivity index (χ1n) is 6.02. The number of hydrogen-bond acceptors (Lipinski definition) is 4. The van der Waals surface area contributed by atoms with Gasteiger partial charge >= 0.3 is 0 Å². The maximum Gasteiger partial charge on any atom is 0.0646 e. The third-order valence-corrected chi connectivity index (χ3v) is 3.15. The summed E-state index contributed by atoms with van der Waals surface area (Å²) in [6.07, 6.45) is 2.02. The second-order valence-corrected chi connectivity index (χ2v) is 5.29. The maximum atomic E-state index is 5.79. The Hall–Kier alpha value is -1.42. The van der Waals surface area contributed by atoms with Gasteiger partial charge in [0, 0.05) is 18.3 Å². The van der Waals surface area contributed by atoms with Crippen LogP contribution >= 0.6 is 0 Å². The first kappa shape index (κ1) is 12.0. The van der Waals surface area contributed by atoms with Crippen LogP contribution in [0.3, 0.4) is 0 Å². The zero-order valence-electron chi connectivity index (χ0n) is 10.5. The minimum absolute atomic E-state index is 0.0464. The summed E-state index contributed by atoms with van der Waals surface area (Å²) < 4.78 is 5.69. The molecule has 0 saturated carbocycles. The Morgan fingerprint density at radius 3 is 2.71 bits per heavy atom. The van der Waals surface area contributed by atoms with Crippen molar-refractivity contribution in [3.05, 3.63) is 18.2 Å². The van der Waals surface area contributed by atoms with Crippen molar-refractivity contribution in [1.29, 1.82) is 0 Å². The van der Waals surface area contributed by atoms with Crippen molar-refractivity contribution in [2.45, 2.75) is 38.3 Å². The lowest BCUT2D eigenvalue weighted by Gasteiger charge is -2.36. The first-order valence-corrected chi connectivity index (χ1v) is 6.02. The van der Waals surface area contributed by atoms with Crippen LogP contribution in [0.4, 0.5) is 17.1 Å². The predicted molar refractivity (Wildman–Crippen MR) is 71.9 cm³/mol. The Kier molecular flexibility index (Phi) is 3.15. The van der Waals surface area contributed by atoms with E-state index in [2.05, 4.69) is 19.2 Å². The Morgan fingerprint density at radius 2 is 2.06 bits per heavy atom. The number of anilines is 3. The third-order valence-electron chi connectivity index (χ3n) is 3.15. The zero-order valence-corrected chi connectivity index (χ0v) is 10.5. The van der Waals surface area contributed by atoms with Crippen LogP contribution in [0.1, 0.15) is 26.7 Å². The van der Waals surface area contributed by atoms with Crippen LogP contribution in [0.2, 0.25) is 0 Å². The van der Waals surface area contributed by atoms with E-state index in [1.807, 2.05) is 18.2 Å². The van der Waals surface area contributed by atoms with Crippen LogP contribution in [0.15, 0.2) is 18.2 Å². The van der Waals surface area contributed by atoms with Crippen LogP contribution in [-0.2, 0) is 4.74 Å². The minimum atomic E-state index is -0.0464. The van der Waals surface area contributed by atoms with Crippen molar-refractivity contribution >= 4 is 17.1 Å². The highest BCUT2D eigenvalue weighted by Gasteiger charge is 2.28. The molecule has 1 aliphatic heterocycles. The smallest absolute Gasteiger partial charge is 0.0646 e. The molecule has 0 radical (unpaired) electrons. The molecule has 4 nitrogen and oxygen atoms in total. The summed E-state index contributed by atoms with van der Waals surface area (Å²) in [6.45, 7) is 5.05. The highest BCUT2D eigenvalue weighted by molar-refractivity contribution is 5.69. The molecule has 1 heterocycles. The molecule has 5 N–H and O–H groups in total. The molecule has 17 heavy (non-hydrogen) atoms. The molecule has 0 bridgehead atoms. The number of nitrogens with two attached hydrogens (primary N) is 2. The summed E-state index contributed by atoms with van der Waals surface area (Å²) in [5, 5.41) is 3.49. The number of benzene rings is 1. The Labute approximate surface area is 102 Å². The molecule has 0 aliphatic carbocycles. The highest BCUT2D eigenvalue weighted by Crippen LogP contribution is 2.27. The molecule has 1 aromatic rings. The summed E-state index contributed by atoms with van der Waals surface area (Å²) in [5.41, 5.74) is 13.7. The van der Waals surface area contributed by atoms with Crippen LogP contribution in [0.25, 0.3) is 0 Å². The molecule has 0 aromatic heterocycles. The van der Waals surface area contributed by atoms with E-state index >= 15 is 0 Å². The molecule has 0 amide bonds. The van der Waals surface area contributed by atoms with E-state index in [1.54, 1.807) is 0 Å². The van der Waals surface area contributed by atoms with Crippen LogP contribution < -0.4 is 16.8 Å². The molecule has 4 heteroatoms. The summed E-state index contributed by atoms with van der Waals surface area (Å²) in [7, 11) is 0. The molecule has 1 saturated heterocycles. The van der Waals surface area contributed by atoms with Gasteiger partial charge < -0.3 is 21.5 Å². The molecule has 1 atom stereocenters. The van der Waals surface area contributed by atoms with Crippen molar-refractivity contribution in [2.24, 2.45) is 0 Å². The van der Waals surface area contributed by atoms with Crippen LogP contribution in [-0.4, -0.2) is 18.2 Å². The van der Waals surface area contributed by atoms with Gasteiger partial charge in [-0.1, -0.05) is 0 Å². The lowest BCUT2D eigenvalue weighted by molar-refractivity contribution is -0.0553. The van der Waals surface area contributed by atoms with Crippen molar-refractivity contribution in [1.82, 2.24) is 0 Å².